The van der Waals surface area contributed by atoms with Gasteiger partial charge in [-0.05, 0) is 46.6 Å². The highest BCUT2D eigenvalue weighted by Gasteiger charge is 2.32. The SMILES string of the molecule is COc1cc(F)cc2c1nc(N)n1nc([C@@H]3CC[C@H](C)N(c4cnn(C(C)(C)[C@@H](C)O)c4)C3)nc21. The van der Waals surface area contributed by atoms with E-state index in [1.54, 1.807) is 6.92 Å². The molecule has 3 aromatic heterocycles. The highest BCUT2D eigenvalue weighted by molar-refractivity contribution is 5.95. The molecule has 1 aliphatic rings. The van der Waals surface area contributed by atoms with Crippen molar-refractivity contribution in [2.45, 2.75) is 64.1 Å². The number of hydrogen-bond donors (Lipinski definition) is 2. The summed E-state index contributed by atoms with van der Waals surface area (Å²) in [7, 11) is 1.47. The van der Waals surface area contributed by atoms with Gasteiger partial charge in [0.05, 0.1) is 36.0 Å². The van der Waals surface area contributed by atoms with Gasteiger partial charge in [0.2, 0.25) is 5.95 Å². The van der Waals surface area contributed by atoms with Crippen LogP contribution in [0.3, 0.4) is 0 Å². The Bertz CT molecular complexity index is 1400. The second-order valence-electron chi connectivity index (χ2n) is 9.93. The maximum absolute atomic E-state index is 14.3. The third kappa shape index (κ3) is 3.83. The first-order valence-corrected chi connectivity index (χ1v) is 11.8. The van der Waals surface area contributed by atoms with Crippen LogP contribution >= 0.6 is 0 Å². The Hall–Kier alpha value is -3.47. The molecule has 0 radical (unpaired) electrons. The highest BCUT2D eigenvalue weighted by Crippen LogP contribution is 2.35. The Morgan fingerprint density at radius 1 is 1.26 bits per heavy atom. The molecule has 0 bridgehead atoms. The summed E-state index contributed by atoms with van der Waals surface area (Å²) in [5.41, 5.74) is 7.56. The zero-order chi connectivity index (χ0) is 25.1. The summed E-state index contributed by atoms with van der Waals surface area (Å²) in [6, 6.07) is 2.97. The van der Waals surface area contributed by atoms with Crippen LogP contribution in [0.2, 0.25) is 0 Å². The van der Waals surface area contributed by atoms with E-state index in [1.807, 2.05) is 30.9 Å². The summed E-state index contributed by atoms with van der Waals surface area (Å²) in [5, 5.41) is 19.9. The lowest BCUT2D eigenvalue weighted by atomic mass is 9.92. The van der Waals surface area contributed by atoms with Crippen LogP contribution in [0.1, 0.15) is 52.3 Å². The van der Waals surface area contributed by atoms with E-state index in [0.717, 1.165) is 18.5 Å². The number of aromatic nitrogens is 6. The first-order valence-electron chi connectivity index (χ1n) is 11.8. The molecule has 0 amide bonds. The molecule has 0 aliphatic carbocycles. The summed E-state index contributed by atoms with van der Waals surface area (Å²) < 4.78 is 22.9. The standard InChI is InChI=1S/C24H31FN8O2/c1-13-6-7-15(11-31(13)17-10-27-32(12-17)24(3,4)14(2)34)21-29-22-18-8-16(25)9-19(35-5)20(18)28-23(26)33(22)30-21/h8-10,12-15,34H,6-7,11H2,1-5H3,(H2,26,28)/t13-,14+,15+/m0/s1. The molecule has 0 saturated carbocycles. The van der Waals surface area contributed by atoms with Gasteiger partial charge in [-0.15, -0.1) is 5.10 Å². The van der Waals surface area contributed by atoms with Crippen LogP contribution in [0.25, 0.3) is 16.6 Å². The fraction of sp³-hybridized carbons (Fsp3) is 0.500. The molecule has 1 fully saturated rings. The third-order valence-electron chi connectivity index (χ3n) is 7.33. The molecule has 11 heteroatoms. The van der Waals surface area contributed by atoms with Crippen molar-refractivity contribution in [3.05, 3.63) is 36.2 Å². The number of rotatable bonds is 5. The van der Waals surface area contributed by atoms with Crippen molar-refractivity contribution in [1.82, 2.24) is 29.4 Å². The Balaban J connectivity index is 1.51. The molecule has 1 saturated heterocycles. The number of halogens is 1. The average Bonchev–Trinajstić information content (AvgIpc) is 3.48. The Labute approximate surface area is 202 Å². The van der Waals surface area contributed by atoms with E-state index in [9.17, 15) is 9.50 Å². The van der Waals surface area contributed by atoms with Crippen molar-refractivity contribution in [2.75, 3.05) is 24.3 Å². The topological polar surface area (TPSA) is 120 Å². The molecule has 5 rings (SSSR count). The molecule has 3 atom stereocenters. The van der Waals surface area contributed by atoms with E-state index in [1.165, 1.54) is 23.8 Å². The maximum atomic E-state index is 14.3. The number of anilines is 2. The van der Waals surface area contributed by atoms with Crippen molar-refractivity contribution < 1.29 is 14.2 Å². The number of piperidine rings is 1. The zero-order valence-corrected chi connectivity index (χ0v) is 20.6. The minimum absolute atomic E-state index is 0.0455. The largest absolute Gasteiger partial charge is 0.494 e. The zero-order valence-electron chi connectivity index (χ0n) is 20.6. The van der Waals surface area contributed by atoms with Crippen LogP contribution < -0.4 is 15.4 Å². The van der Waals surface area contributed by atoms with E-state index >= 15 is 0 Å². The van der Waals surface area contributed by atoms with Gasteiger partial charge in [0, 0.05) is 30.8 Å². The second-order valence-corrected chi connectivity index (χ2v) is 9.93. The van der Waals surface area contributed by atoms with Gasteiger partial charge in [-0.3, -0.25) is 4.68 Å². The predicted molar refractivity (Wildman–Crippen MR) is 131 cm³/mol. The third-order valence-corrected chi connectivity index (χ3v) is 7.33. The van der Waals surface area contributed by atoms with Gasteiger partial charge in [0.1, 0.15) is 17.1 Å². The molecule has 0 spiro atoms. The van der Waals surface area contributed by atoms with Crippen LogP contribution in [0.5, 0.6) is 5.75 Å². The fourth-order valence-corrected chi connectivity index (χ4v) is 4.66. The number of fused-ring (bicyclic) bond motifs is 3. The minimum Gasteiger partial charge on any atom is -0.494 e. The smallest absolute Gasteiger partial charge is 0.223 e. The molecular formula is C24H31FN8O2. The van der Waals surface area contributed by atoms with Gasteiger partial charge < -0.3 is 20.5 Å². The van der Waals surface area contributed by atoms with E-state index in [4.69, 9.17) is 15.5 Å². The van der Waals surface area contributed by atoms with Crippen molar-refractivity contribution in [3.63, 3.8) is 0 Å². The molecule has 1 aliphatic heterocycles. The van der Waals surface area contributed by atoms with Crippen LogP contribution in [-0.4, -0.2) is 60.3 Å². The molecule has 35 heavy (non-hydrogen) atoms. The number of ether oxygens (including phenoxy) is 1. The molecule has 4 aromatic rings. The Kier molecular flexibility index (Phi) is 5.54. The van der Waals surface area contributed by atoms with Gasteiger partial charge in [-0.2, -0.15) is 9.61 Å². The van der Waals surface area contributed by atoms with Crippen molar-refractivity contribution in [1.29, 1.82) is 0 Å². The molecule has 10 nitrogen and oxygen atoms in total. The van der Waals surface area contributed by atoms with E-state index < -0.39 is 17.5 Å². The van der Waals surface area contributed by atoms with Gasteiger partial charge in [0.15, 0.2) is 11.5 Å². The molecule has 1 aromatic carbocycles. The normalized spacial score (nSPS) is 20.0. The number of benzene rings is 1. The van der Waals surface area contributed by atoms with Crippen LogP contribution in [0.15, 0.2) is 24.5 Å². The monoisotopic (exact) mass is 482 g/mol. The highest BCUT2D eigenvalue weighted by atomic mass is 19.1. The van der Waals surface area contributed by atoms with Crippen molar-refractivity contribution >= 4 is 28.2 Å². The average molecular weight is 483 g/mol. The summed E-state index contributed by atoms with van der Waals surface area (Å²) in [5.74, 6) is 0.710. The second kappa shape index (κ2) is 8.33. The lowest BCUT2D eigenvalue weighted by Gasteiger charge is -2.38. The molecular weight excluding hydrogens is 451 g/mol. The van der Waals surface area contributed by atoms with Crippen LogP contribution in [0.4, 0.5) is 16.0 Å². The van der Waals surface area contributed by atoms with Gasteiger partial charge in [0.25, 0.3) is 0 Å². The lowest BCUT2D eigenvalue weighted by Crippen LogP contribution is -2.41. The van der Waals surface area contributed by atoms with Crippen molar-refractivity contribution in [3.8, 4) is 5.75 Å². The number of methoxy groups -OCH3 is 1. The quantitative estimate of drug-likeness (QED) is 0.445. The van der Waals surface area contributed by atoms with Crippen molar-refractivity contribution in [2.24, 2.45) is 0 Å². The van der Waals surface area contributed by atoms with Gasteiger partial charge in [-0.25, -0.2) is 14.4 Å². The van der Waals surface area contributed by atoms with E-state index in [-0.39, 0.29) is 11.9 Å². The summed E-state index contributed by atoms with van der Waals surface area (Å²) in [6.45, 7) is 8.56. The van der Waals surface area contributed by atoms with Gasteiger partial charge in [-0.1, -0.05) is 0 Å². The maximum Gasteiger partial charge on any atom is 0.223 e. The molecule has 186 valence electrons. The summed E-state index contributed by atoms with van der Waals surface area (Å²) in [4.78, 5) is 11.5. The summed E-state index contributed by atoms with van der Waals surface area (Å²) in [6.07, 6.45) is 5.12. The minimum atomic E-state index is -0.554. The molecule has 3 N–H and O–H groups in total. The first-order chi connectivity index (χ1) is 16.6. The first kappa shape index (κ1) is 23.3. The number of aliphatic hydroxyl groups is 1. The fourth-order valence-electron chi connectivity index (χ4n) is 4.66. The number of hydrogen-bond acceptors (Lipinski definition) is 8. The molecule has 4 heterocycles. The molecule has 0 unspecified atom stereocenters. The number of nitrogens with two attached hydrogens (primary N) is 1. The van der Waals surface area contributed by atoms with Gasteiger partial charge >= 0.3 is 0 Å². The Morgan fingerprint density at radius 3 is 2.74 bits per heavy atom. The summed E-state index contributed by atoms with van der Waals surface area (Å²) >= 11 is 0. The Morgan fingerprint density at radius 2 is 2.03 bits per heavy atom. The predicted octanol–water partition coefficient (Wildman–Crippen LogP) is 3.09. The van der Waals surface area contributed by atoms with Crippen LogP contribution in [0, 0.1) is 5.82 Å². The number of aliphatic hydroxyl groups excluding tert-OH is 1. The van der Waals surface area contributed by atoms with E-state index in [0.29, 0.717) is 40.7 Å². The lowest BCUT2D eigenvalue weighted by molar-refractivity contribution is 0.0647. The number of nitrogens with zero attached hydrogens (tertiary/aromatic N) is 7. The number of nitrogen functional groups attached to an aromatic ring is 1. The van der Waals surface area contributed by atoms with E-state index in [2.05, 4.69) is 27.0 Å². The van der Waals surface area contributed by atoms with Crippen LogP contribution in [-0.2, 0) is 5.54 Å².